The maximum Gasteiger partial charge on any atom is 0.315 e. The van der Waals surface area contributed by atoms with Crippen molar-refractivity contribution in [3.05, 3.63) is 29.0 Å². The van der Waals surface area contributed by atoms with Gasteiger partial charge in [-0.15, -0.1) is 0 Å². The molecule has 1 saturated heterocycles. The molecule has 3 N–H and O–H groups in total. The zero-order valence-corrected chi connectivity index (χ0v) is 16.7. The van der Waals surface area contributed by atoms with E-state index in [1.54, 1.807) is 0 Å². The van der Waals surface area contributed by atoms with E-state index in [9.17, 15) is 22.4 Å². The summed E-state index contributed by atoms with van der Waals surface area (Å²) in [6.07, 6.45) is 0.724. The van der Waals surface area contributed by atoms with Crippen LogP contribution in [0.25, 0.3) is 0 Å². The van der Waals surface area contributed by atoms with Gasteiger partial charge in [0.05, 0.1) is 16.5 Å². The summed E-state index contributed by atoms with van der Waals surface area (Å²) in [5.41, 5.74) is 0.309. The van der Waals surface area contributed by atoms with E-state index in [0.717, 1.165) is 6.07 Å². The molecule has 150 valence electrons. The van der Waals surface area contributed by atoms with E-state index in [-0.39, 0.29) is 22.4 Å². The van der Waals surface area contributed by atoms with Crippen molar-refractivity contribution in [1.29, 1.82) is 0 Å². The number of amides is 3. The van der Waals surface area contributed by atoms with Crippen LogP contribution in [0.15, 0.2) is 18.2 Å². The Morgan fingerprint density at radius 2 is 2.04 bits per heavy atom. The number of carbonyl (C=O) groups excluding carboxylic acids is 2. The van der Waals surface area contributed by atoms with Crippen LogP contribution in [0.4, 0.5) is 14.9 Å². The number of carbonyl (C=O) groups is 2. The first-order valence-corrected chi connectivity index (χ1v) is 10.8. The zero-order valence-electron chi connectivity index (χ0n) is 15.1. The monoisotopic (exact) mass is 419 g/mol. The zero-order chi connectivity index (χ0) is 20.2. The maximum atomic E-state index is 13.2. The highest BCUT2D eigenvalue weighted by atomic mass is 35.5. The van der Waals surface area contributed by atoms with Gasteiger partial charge in [-0.25, -0.2) is 17.6 Å². The molecule has 2 atom stereocenters. The van der Waals surface area contributed by atoms with Crippen molar-refractivity contribution >= 4 is 39.1 Å². The number of benzene rings is 1. The molecule has 1 fully saturated rings. The van der Waals surface area contributed by atoms with E-state index in [0.29, 0.717) is 18.5 Å². The van der Waals surface area contributed by atoms with Crippen molar-refractivity contribution < 1.29 is 22.4 Å². The Balaban J connectivity index is 1.99. The van der Waals surface area contributed by atoms with Crippen molar-refractivity contribution in [3.63, 3.8) is 0 Å². The van der Waals surface area contributed by atoms with Gasteiger partial charge in [0.15, 0.2) is 9.84 Å². The van der Waals surface area contributed by atoms with Gasteiger partial charge in [0.25, 0.3) is 0 Å². The summed E-state index contributed by atoms with van der Waals surface area (Å²) in [5, 5.41) is 7.65. The second kappa shape index (κ2) is 8.88. The minimum absolute atomic E-state index is 0.0409. The molecule has 1 aromatic carbocycles. The molecule has 0 radical (unpaired) electrons. The molecule has 27 heavy (non-hydrogen) atoms. The minimum atomic E-state index is -3.12. The highest BCUT2D eigenvalue weighted by Crippen LogP contribution is 2.20. The van der Waals surface area contributed by atoms with Gasteiger partial charge >= 0.3 is 6.03 Å². The van der Waals surface area contributed by atoms with E-state index in [2.05, 4.69) is 16.0 Å². The van der Waals surface area contributed by atoms with Gasteiger partial charge in [0.1, 0.15) is 11.9 Å². The van der Waals surface area contributed by atoms with Gasteiger partial charge in [0.2, 0.25) is 5.91 Å². The molecule has 3 amide bonds. The molecule has 0 saturated carbocycles. The third-order valence-corrected chi connectivity index (χ3v) is 6.14. The Morgan fingerprint density at radius 3 is 2.59 bits per heavy atom. The first-order valence-electron chi connectivity index (χ1n) is 8.59. The number of halogens is 2. The molecule has 1 aromatic rings. The highest BCUT2D eigenvalue weighted by molar-refractivity contribution is 7.91. The second-order valence-electron chi connectivity index (χ2n) is 7.02. The topological polar surface area (TPSA) is 104 Å². The first kappa shape index (κ1) is 21.4. The summed E-state index contributed by atoms with van der Waals surface area (Å²) in [4.78, 5) is 24.7. The van der Waals surface area contributed by atoms with Crippen molar-refractivity contribution in [2.45, 2.75) is 38.8 Å². The Hall–Kier alpha value is -1.87. The number of anilines is 1. The van der Waals surface area contributed by atoms with Crippen LogP contribution in [-0.4, -0.2) is 43.9 Å². The fourth-order valence-corrected chi connectivity index (χ4v) is 4.65. The Morgan fingerprint density at radius 1 is 1.33 bits per heavy atom. The fraction of sp³-hybridized carbons (Fsp3) is 0.529. The predicted octanol–water partition coefficient (Wildman–Crippen LogP) is 2.32. The van der Waals surface area contributed by atoms with Gasteiger partial charge in [0, 0.05) is 11.7 Å². The molecule has 0 spiro atoms. The van der Waals surface area contributed by atoms with Crippen LogP contribution in [0.1, 0.15) is 26.7 Å². The molecule has 1 heterocycles. The van der Waals surface area contributed by atoms with Crippen molar-refractivity contribution in [3.8, 4) is 0 Å². The first-order chi connectivity index (χ1) is 12.6. The summed E-state index contributed by atoms with van der Waals surface area (Å²) in [6, 6.07) is 1.88. The third kappa shape index (κ3) is 6.66. The number of nitrogens with one attached hydrogen (secondary N) is 3. The number of hydrogen-bond donors (Lipinski definition) is 3. The molecule has 0 aromatic heterocycles. The Bertz CT molecular complexity index is 816. The number of rotatable bonds is 6. The van der Waals surface area contributed by atoms with Gasteiger partial charge in [-0.3, -0.25) is 4.79 Å². The van der Waals surface area contributed by atoms with Crippen LogP contribution >= 0.6 is 11.6 Å². The van der Waals surface area contributed by atoms with Gasteiger partial charge in [-0.2, -0.15) is 0 Å². The van der Waals surface area contributed by atoms with E-state index in [4.69, 9.17) is 11.6 Å². The summed E-state index contributed by atoms with van der Waals surface area (Å²) in [5.74, 6) is -1.02. The quantitative estimate of drug-likeness (QED) is 0.658. The average molecular weight is 420 g/mol. The largest absolute Gasteiger partial charge is 0.334 e. The summed E-state index contributed by atoms with van der Waals surface area (Å²) in [7, 11) is -3.12. The van der Waals surface area contributed by atoms with Gasteiger partial charge < -0.3 is 16.0 Å². The molecule has 0 aliphatic carbocycles. The third-order valence-electron chi connectivity index (χ3n) is 4.08. The average Bonchev–Trinajstić information content (AvgIpc) is 2.88. The normalized spacial score (nSPS) is 19.5. The summed E-state index contributed by atoms with van der Waals surface area (Å²) < 4.78 is 36.2. The lowest BCUT2D eigenvalue weighted by Crippen LogP contribution is -2.51. The molecule has 10 heteroatoms. The second-order valence-corrected chi connectivity index (χ2v) is 9.65. The lowest BCUT2D eigenvalue weighted by atomic mass is 10.0. The molecule has 1 aliphatic heterocycles. The van der Waals surface area contributed by atoms with Crippen molar-refractivity contribution in [1.82, 2.24) is 10.6 Å². The molecule has 0 bridgehead atoms. The molecular weight excluding hydrogens is 397 g/mol. The smallest absolute Gasteiger partial charge is 0.315 e. The van der Waals surface area contributed by atoms with Crippen LogP contribution in [-0.2, 0) is 14.6 Å². The van der Waals surface area contributed by atoms with Crippen LogP contribution < -0.4 is 16.0 Å². The Kier molecular flexibility index (Phi) is 7.05. The van der Waals surface area contributed by atoms with Crippen LogP contribution in [0.2, 0.25) is 5.02 Å². The fourth-order valence-electron chi connectivity index (χ4n) is 2.80. The van der Waals surface area contributed by atoms with Gasteiger partial charge in [-0.1, -0.05) is 25.4 Å². The minimum Gasteiger partial charge on any atom is -0.334 e. The SMILES string of the molecule is CC(C)C[C@H](NC(=O)NC1CCS(=O)(=O)C1)C(=O)Nc1ccc(F)c(Cl)c1. The van der Waals surface area contributed by atoms with E-state index in [1.165, 1.54) is 12.1 Å². The summed E-state index contributed by atoms with van der Waals surface area (Å²) >= 11 is 5.71. The number of urea groups is 1. The molecule has 2 rings (SSSR count). The lowest BCUT2D eigenvalue weighted by Gasteiger charge is -2.21. The van der Waals surface area contributed by atoms with E-state index < -0.39 is 39.7 Å². The van der Waals surface area contributed by atoms with E-state index >= 15 is 0 Å². The van der Waals surface area contributed by atoms with Crippen LogP contribution in [0.5, 0.6) is 0 Å². The number of hydrogen-bond acceptors (Lipinski definition) is 4. The lowest BCUT2D eigenvalue weighted by molar-refractivity contribution is -0.118. The highest BCUT2D eigenvalue weighted by Gasteiger charge is 2.30. The van der Waals surface area contributed by atoms with Crippen molar-refractivity contribution in [2.75, 3.05) is 16.8 Å². The standard InChI is InChI=1S/C17H23ClFN3O4S/c1-10(2)7-15(16(23)20-11-3-4-14(19)13(18)8-11)22-17(24)21-12-5-6-27(25,26)9-12/h3-4,8,10,12,15H,5-7,9H2,1-2H3,(H,20,23)(H2,21,22,24)/t12?,15-/m0/s1. The summed E-state index contributed by atoms with van der Waals surface area (Å²) in [6.45, 7) is 3.80. The molecule has 7 nitrogen and oxygen atoms in total. The van der Waals surface area contributed by atoms with Gasteiger partial charge in [-0.05, 0) is 37.0 Å². The Labute approximate surface area is 163 Å². The predicted molar refractivity (Wildman–Crippen MR) is 102 cm³/mol. The van der Waals surface area contributed by atoms with E-state index in [1.807, 2.05) is 13.8 Å². The molecule has 1 aliphatic rings. The van der Waals surface area contributed by atoms with Crippen LogP contribution in [0.3, 0.4) is 0 Å². The van der Waals surface area contributed by atoms with Crippen molar-refractivity contribution in [2.24, 2.45) is 5.92 Å². The van der Waals surface area contributed by atoms with Crippen LogP contribution in [0, 0.1) is 11.7 Å². The molecular formula is C17H23ClFN3O4S. The molecule has 1 unspecified atom stereocenters. The maximum absolute atomic E-state index is 13.2. The number of sulfone groups is 1.